The third-order valence-corrected chi connectivity index (χ3v) is 4.99. The summed E-state index contributed by atoms with van der Waals surface area (Å²) in [5, 5.41) is 7.64. The molecule has 0 unspecified atom stereocenters. The van der Waals surface area contributed by atoms with Crippen LogP contribution in [0.3, 0.4) is 0 Å². The highest BCUT2D eigenvalue weighted by molar-refractivity contribution is 6.02. The number of nitrogens with zero attached hydrogens (tertiary/aromatic N) is 1. The molecule has 2 atom stereocenters. The fraction of sp³-hybridized carbons (Fsp3) is 0.579. The molecule has 0 saturated carbocycles. The van der Waals surface area contributed by atoms with Crippen molar-refractivity contribution >= 4 is 11.7 Å². The maximum absolute atomic E-state index is 12.6. The van der Waals surface area contributed by atoms with Crippen LogP contribution in [-0.2, 0) is 14.4 Å². The molecule has 0 amide bonds. The van der Waals surface area contributed by atoms with Gasteiger partial charge in [-0.1, -0.05) is 29.4 Å². The number of ether oxygens (including phenoxy) is 1. The molecule has 0 aromatic heterocycles. The smallest absolute Gasteiger partial charge is 0.313 e. The van der Waals surface area contributed by atoms with E-state index >= 15 is 0 Å². The van der Waals surface area contributed by atoms with Crippen molar-refractivity contribution in [2.75, 3.05) is 19.7 Å². The Bertz CT molecular complexity index is 621. The summed E-state index contributed by atoms with van der Waals surface area (Å²) in [5.41, 5.74) is 2.81. The molecule has 2 aliphatic heterocycles. The largest absolute Gasteiger partial charge is 0.466 e. The Morgan fingerprint density at radius 1 is 1.46 bits per heavy atom. The van der Waals surface area contributed by atoms with Crippen LogP contribution in [-0.4, -0.2) is 37.5 Å². The first-order chi connectivity index (χ1) is 11.6. The minimum Gasteiger partial charge on any atom is -0.466 e. The van der Waals surface area contributed by atoms with E-state index in [0.29, 0.717) is 19.6 Å². The van der Waals surface area contributed by atoms with E-state index in [1.54, 1.807) is 0 Å². The fourth-order valence-electron chi connectivity index (χ4n) is 3.71. The summed E-state index contributed by atoms with van der Waals surface area (Å²) in [6.45, 7) is 5.96. The number of esters is 1. The molecule has 5 nitrogen and oxygen atoms in total. The summed E-state index contributed by atoms with van der Waals surface area (Å²) in [5.74, 6) is -0.106. The predicted molar refractivity (Wildman–Crippen MR) is 93.0 cm³/mol. The predicted octanol–water partition coefficient (Wildman–Crippen LogP) is 2.81. The number of carbonyl (C=O) groups is 1. The van der Waals surface area contributed by atoms with Crippen LogP contribution >= 0.6 is 0 Å². The Balaban J connectivity index is 1.69. The van der Waals surface area contributed by atoms with Gasteiger partial charge in [-0.3, -0.25) is 4.79 Å². The number of hydrogen-bond donors (Lipinski definition) is 1. The molecular weight excluding hydrogens is 304 g/mol. The Morgan fingerprint density at radius 3 is 3.00 bits per heavy atom. The first kappa shape index (κ1) is 17.0. The highest BCUT2D eigenvalue weighted by Crippen LogP contribution is 2.36. The number of hydrogen-bond acceptors (Lipinski definition) is 5. The zero-order chi connectivity index (χ0) is 17.0. The van der Waals surface area contributed by atoms with Crippen LogP contribution in [0.4, 0.5) is 0 Å². The third kappa shape index (κ3) is 3.46. The van der Waals surface area contributed by atoms with Gasteiger partial charge in [-0.2, -0.15) is 0 Å². The second kappa shape index (κ2) is 7.34. The van der Waals surface area contributed by atoms with Crippen molar-refractivity contribution < 1.29 is 14.4 Å². The van der Waals surface area contributed by atoms with Crippen LogP contribution in [0.2, 0.25) is 0 Å². The molecule has 1 fully saturated rings. The molecule has 1 aromatic carbocycles. The first-order valence-electron chi connectivity index (χ1n) is 8.81. The fourth-order valence-corrected chi connectivity index (χ4v) is 3.71. The van der Waals surface area contributed by atoms with Gasteiger partial charge in [0.25, 0.3) is 0 Å². The lowest BCUT2D eigenvalue weighted by Gasteiger charge is -2.36. The lowest BCUT2D eigenvalue weighted by molar-refractivity contribution is -0.159. The lowest BCUT2D eigenvalue weighted by Crippen LogP contribution is -2.48. The quantitative estimate of drug-likeness (QED) is 0.844. The van der Waals surface area contributed by atoms with Crippen LogP contribution in [0.5, 0.6) is 0 Å². The number of rotatable bonds is 5. The van der Waals surface area contributed by atoms with E-state index in [1.807, 2.05) is 19.1 Å². The minimum absolute atomic E-state index is 0.0658. The lowest BCUT2D eigenvalue weighted by atomic mass is 9.75. The molecular formula is C19H26N2O3. The SMILES string of the molecule is CCOC(=O)[C@]1(C[C@@H]2CC(c3ccccc3C)=NO2)CCCNC1. The van der Waals surface area contributed by atoms with E-state index in [4.69, 9.17) is 9.57 Å². The van der Waals surface area contributed by atoms with E-state index in [0.717, 1.165) is 37.1 Å². The highest BCUT2D eigenvalue weighted by Gasteiger charge is 2.44. The second-order valence-electron chi connectivity index (χ2n) is 6.77. The van der Waals surface area contributed by atoms with Crippen molar-refractivity contribution in [1.29, 1.82) is 0 Å². The van der Waals surface area contributed by atoms with Crippen LogP contribution in [0, 0.1) is 12.3 Å². The van der Waals surface area contributed by atoms with Crippen molar-refractivity contribution in [3.8, 4) is 0 Å². The van der Waals surface area contributed by atoms with Gasteiger partial charge in [0, 0.05) is 24.9 Å². The van der Waals surface area contributed by atoms with E-state index in [1.165, 1.54) is 5.56 Å². The van der Waals surface area contributed by atoms with Gasteiger partial charge in [0.05, 0.1) is 17.7 Å². The number of nitrogens with one attached hydrogen (secondary N) is 1. The number of aryl methyl sites for hydroxylation is 1. The van der Waals surface area contributed by atoms with Gasteiger partial charge in [-0.25, -0.2) is 0 Å². The molecule has 0 bridgehead atoms. The van der Waals surface area contributed by atoms with Gasteiger partial charge in [0.1, 0.15) is 6.10 Å². The Morgan fingerprint density at radius 2 is 2.29 bits per heavy atom. The standard InChI is InChI=1S/C19H26N2O3/c1-3-23-18(22)19(9-6-10-20-13-19)12-15-11-17(21-24-15)16-8-5-4-7-14(16)2/h4-5,7-8,15,20H,3,6,9-13H2,1-2H3/t15-,19-/m0/s1. The summed E-state index contributed by atoms with van der Waals surface area (Å²) in [6, 6.07) is 8.19. The highest BCUT2D eigenvalue weighted by atomic mass is 16.6. The van der Waals surface area contributed by atoms with Crippen LogP contribution < -0.4 is 5.32 Å². The van der Waals surface area contributed by atoms with Gasteiger partial charge >= 0.3 is 5.97 Å². The molecule has 24 heavy (non-hydrogen) atoms. The summed E-state index contributed by atoms with van der Waals surface area (Å²) < 4.78 is 5.35. The molecule has 1 N–H and O–H groups in total. The van der Waals surface area contributed by atoms with E-state index in [2.05, 4.69) is 29.5 Å². The van der Waals surface area contributed by atoms with Crippen molar-refractivity contribution in [3.05, 3.63) is 35.4 Å². The second-order valence-corrected chi connectivity index (χ2v) is 6.77. The van der Waals surface area contributed by atoms with Crippen molar-refractivity contribution in [3.63, 3.8) is 0 Å². The number of piperidine rings is 1. The molecule has 1 saturated heterocycles. The molecule has 130 valence electrons. The maximum atomic E-state index is 12.6. The van der Waals surface area contributed by atoms with Crippen molar-refractivity contribution in [2.24, 2.45) is 10.6 Å². The van der Waals surface area contributed by atoms with Crippen LogP contribution in [0.1, 0.15) is 43.7 Å². The van der Waals surface area contributed by atoms with Crippen LogP contribution in [0.25, 0.3) is 0 Å². The Kier molecular flexibility index (Phi) is 5.19. The summed E-state index contributed by atoms with van der Waals surface area (Å²) in [4.78, 5) is 18.2. The van der Waals surface area contributed by atoms with E-state index in [9.17, 15) is 4.79 Å². The zero-order valence-electron chi connectivity index (χ0n) is 14.5. The average Bonchev–Trinajstić information content (AvgIpc) is 3.04. The molecule has 5 heteroatoms. The van der Waals surface area contributed by atoms with Gasteiger partial charge in [0.15, 0.2) is 0 Å². The topological polar surface area (TPSA) is 59.9 Å². The molecule has 0 spiro atoms. The van der Waals surface area contributed by atoms with Gasteiger partial charge < -0.3 is 14.9 Å². The summed E-state index contributed by atoms with van der Waals surface area (Å²) in [7, 11) is 0. The normalized spacial score (nSPS) is 26.6. The van der Waals surface area contributed by atoms with Crippen LogP contribution in [0.15, 0.2) is 29.4 Å². The summed E-state index contributed by atoms with van der Waals surface area (Å²) >= 11 is 0. The molecule has 0 aliphatic carbocycles. The monoisotopic (exact) mass is 330 g/mol. The van der Waals surface area contributed by atoms with E-state index in [-0.39, 0.29) is 12.1 Å². The minimum atomic E-state index is -0.490. The first-order valence-corrected chi connectivity index (χ1v) is 8.81. The van der Waals surface area contributed by atoms with Crippen molar-refractivity contribution in [2.45, 2.75) is 45.6 Å². The van der Waals surface area contributed by atoms with Gasteiger partial charge in [0.2, 0.25) is 0 Å². The molecule has 2 heterocycles. The van der Waals surface area contributed by atoms with Crippen molar-refractivity contribution in [1.82, 2.24) is 5.32 Å². The molecule has 3 rings (SSSR count). The van der Waals surface area contributed by atoms with Gasteiger partial charge in [-0.05, 0) is 38.8 Å². The zero-order valence-corrected chi connectivity index (χ0v) is 14.5. The summed E-state index contributed by atoms with van der Waals surface area (Å²) in [6.07, 6.45) is 3.16. The molecule has 2 aliphatic rings. The average molecular weight is 330 g/mol. The Labute approximate surface area is 143 Å². The number of benzene rings is 1. The van der Waals surface area contributed by atoms with Gasteiger partial charge in [-0.15, -0.1) is 0 Å². The number of oxime groups is 1. The third-order valence-electron chi connectivity index (χ3n) is 4.99. The Hall–Kier alpha value is -1.88. The molecule has 1 aromatic rings. The van der Waals surface area contributed by atoms with E-state index < -0.39 is 5.41 Å². The number of carbonyl (C=O) groups excluding carboxylic acids is 1. The molecule has 0 radical (unpaired) electrons. The maximum Gasteiger partial charge on any atom is 0.313 e.